The first-order valence-corrected chi connectivity index (χ1v) is 11.2. The fourth-order valence-electron chi connectivity index (χ4n) is 4.39. The van der Waals surface area contributed by atoms with E-state index in [1.54, 1.807) is 19.2 Å². The first-order valence-electron chi connectivity index (χ1n) is 9.72. The Bertz CT molecular complexity index is 1190. The van der Waals surface area contributed by atoms with Crippen LogP contribution >= 0.6 is 0 Å². The number of rotatable bonds is 4. The summed E-state index contributed by atoms with van der Waals surface area (Å²) in [6.07, 6.45) is 1.55. The molecule has 1 aromatic heterocycles. The average molecular weight is 415 g/mol. The molecule has 2 atom stereocenters. The summed E-state index contributed by atoms with van der Waals surface area (Å²) in [5.74, 6) is 0.452. The van der Waals surface area contributed by atoms with Crippen molar-refractivity contribution in [1.29, 1.82) is 0 Å². The number of nitrogens with zero attached hydrogens (tertiary/aromatic N) is 2. The number of fused-ring (bicyclic) bond motifs is 1. The summed E-state index contributed by atoms with van der Waals surface area (Å²) < 4.78 is 27.5. The third-order valence-electron chi connectivity index (χ3n) is 6.09. The minimum atomic E-state index is -3.68. The first kappa shape index (κ1) is 19.9. The number of benzene rings is 2. The Balaban J connectivity index is 1.73. The van der Waals surface area contributed by atoms with Crippen LogP contribution < -0.4 is 5.73 Å². The molecule has 0 spiro atoms. The van der Waals surface area contributed by atoms with Gasteiger partial charge in [0.05, 0.1) is 22.6 Å². The highest BCUT2D eigenvalue weighted by molar-refractivity contribution is 7.89. The van der Waals surface area contributed by atoms with Crippen molar-refractivity contribution in [1.82, 2.24) is 14.5 Å². The molecule has 2 unspecified atom stereocenters. The van der Waals surface area contributed by atoms with Gasteiger partial charge in [-0.25, -0.2) is 8.42 Å². The van der Waals surface area contributed by atoms with Crippen LogP contribution in [0.1, 0.15) is 30.4 Å². The van der Waals surface area contributed by atoms with E-state index in [0.29, 0.717) is 18.7 Å². The number of nitrogens with one attached hydrogen (secondary N) is 1. The summed E-state index contributed by atoms with van der Waals surface area (Å²) in [5, 5.41) is 18.0. The molecule has 3 aromatic rings. The van der Waals surface area contributed by atoms with Crippen LogP contribution in [0.4, 0.5) is 5.82 Å². The maximum Gasteiger partial charge on any atom is 0.243 e. The Morgan fingerprint density at radius 3 is 2.55 bits per heavy atom. The topological polar surface area (TPSA) is 112 Å². The lowest BCUT2D eigenvalue weighted by Gasteiger charge is -2.26. The lowest BCUT2D eigenvalue weighted by Crippen LogP contribution is -2.41. The fourth-order valence-corrected chi connectivity index (χ4v) is 5.89. The van der Waals surface area contributed by atoms with Gasteiger partial charge >= 0.3 is 0 Å². The number of aryl methyl sites for hydroxylation is 2. The molecule has 0 saturated heterocycles. The largest absolute Gasteiger partial charge is 0.391 e. The molecule has 1 aliphatic carbocycles. The van der Waals surface area contributed by atoms with E-state index >= 15 is 0 Å². The van der Waals surface area contributed by atoms with Gasteiger partial charge < -0.3 is 10.8 Å². The number of aliphatic hydroxyl groups excluding tert-OH is 1. The van der Waals surface area contributed by atoms with Gasteiger partial charge in [0.1, 0.15) is 0 Å². The molecule has 0 aliphatic heterocycles. The number of anilines is 1. The number of aromatic nitrogens is 2. The van der Waals surface area contributed by atoms with Crippen molar-refractivity contribution >= 4 is 26.7 Å². The van der Waals surface area contributed by atoms with Gasteiger partial charge in [-0.2, -0.15) is 9.40 Å². The number of sulfonamides is 1. The van der Waals surface area contributed by atoms with E-state index in [0.717, 1.165) is 39.6 Å². The number of hydrogen-bond donors (Lipinski definition) is 3. The lowest BCUT2D eigenvalue weighted by molar-refractivity contribution is 0.122. The van der Waals surface area contributed by atoms with Gasteiger partial charge in [-0.15, -0.1) is 0 Å². The van der Waals surface area contributed by atoms with E-state index in [-0.39, 0.29) is 10.9 Å². The Morgan fingerprint density at radius 1 is 1.17 bits per heavy atom. The molecule has 29 heavy (non-hydrogen) atoms. The van der Waals surface area contributed by atoms with E-state index < -0.39 is 16.1 Å². The first-order chi connectivity index (χ1) is 13.7. The second kappa shape index (κ2) is 7.12. The number of H-pyrrole nitrogens is 1. The van der Waals surface area contributed by atoms with E-state index in [1.807, 2.05) is 32.0 Å². The number of hydrogen-bond acceptors (Lipinski definition) is 5. The van der Waals surface area contributed by atoms with E-state index in [9.17, 15) is 13.5 Å². The highest BCUT2D eigenvalue weighted by atomic mass is 32.2. The van der Waals surface area contributed by atoms with Gasteiger partial charge in [0, 0.05) is 12.4 Å². The zero-order chi connectivity index (χ0) is 20.9. The quantitative estimate of drug-likeness (QED) is 0.608. The van der Waals surface area contributed by atoms with E-state index in [2.05, 4.69) is 10.2 Å². The van der Waals surface area contributed by atoms with Crippen molar-refractivity contribution in [3.8, 4) is 11.1 Å². The molecule has 0 radical (unpaired) electrons. The summed E-state index contributed by atoms with van der Waals surface area (Å²) >= 11 is 0. The summed E-state index contributed by atoms with van der Waals surface area (Å²) in [6, 6.07) is 8.73. The SMILES string of the molecule is Cc1cc(S(=O)(=O)N(C)C2CCCC2O)ccc1-c1ccc2[nH]nc(N)c2c1C. The maximum atomic E-state index is 13.1. The van der Waals surface area contributed by atoms with Crippen LogP contribution in [0.5, 0.6) is 0 Å². The van der Waals surface area contributed by atoms with Gasteiger partial charge in [0.15, 0.2) is 5.82 Å². The minimum absolute atomic E-state index is 0.238. The highest BCUT2D eigenvalue weighted by Gasteiger charge is 2.35. The van der Waals surface area contributed by atoms with Crippen LogP contribution in [-0.2, 0) is 10.0 Å². The molecule has 1 heterocycles. The van der Waals surface area contributed by atoms with Gasteiger partial charge in [0.25, 0.3) is 0 Å². The summed E-state index contributed by atoms with van der Waals surface area (Å²) in [5.41, 5.74) is 10.7. The van der Waals surface area contributed by atoms with Crippen molar-refractivity contribution < 1.29 is 13.5 Å². The van der Waals surface area contributed by atoms with E-state index in [1.165, 1.54) is 4.31 Å². The summed E-state index contributed by atoms with van der Waals surface area (Å²) in [4.78, 5) is 0.238. The van der Waals surface area contributed by atoms with Crippen LogP contribution in [0, 0.1) is 13.8 Å². The van der Waals surface area contributed by atoms with Gasteiger partial charge in [0.2, 0.25) is 10.0 Å². The van der Waals surface area contributed by atoms with Crippen LogP contribution in [-0.4, -0.2) is 47.2 Å². The van der Waals surface area contributed by atoms with Crippen molar-refractivity contribution in [2.75, 3.05) is 12.8 Å². The van der Waals surface area contributed by atoms with Gasteiger partial charge in [-0.1, -0.05) is 12.1 Å². The molecule has 0 bridgehead atoms. The highest BCUT2D eigenvalue weighted by Crippen LogP contribution is 2.35. The molecule has 1 saturated carbocycles. The van der Waals surface area contributed by atoms with Crippen molar-refractivity contribution in [2.24, 2.45) is 0 Å². The molecule has 2 aromatic carbocycles. The normalized spacial score (nSPS) is 20.0. The molecule has 1 aliphatic rings. The Kier molecular flexibility index (Phi) is 4.88. The van der Waals surface area contributed by atoms with Crippen LogP contribution in [0.25, 0.3) is 22.0 Å². The third kappa shape index (κ3) is 3.21. The third-order valence-corrected chi connectivity index (χ3v) is 7.97. The predicted octanol–water partition coefficient (Wildman–Crippen LogP) is 2.96. The van der Waals surface area contributed by atoms with Crippen molar-refractivity contribution in [2.45, 2.75) is 50.2 Å². The monoisotopic (exact) mass is 414 g/mol. The van der Waals surface area contributed by atoms with Gasteiger partial charge in [-0.05, 0) is 73.6 Å². The Hall–Kier alpha value is -2.42. The smallest absolute Gasteiger partial charge is 0.243 e. The maximum absolute atomic E-state index is 13.1. The number of aliphatic hydroxyl groups is 1. The number of likely N-dealkylation sites (N-methyl/N-ethyl adjacent to an activating group) is 1. The molecule has 1 fully saturated rings. The second-order valence-corrected chi connectivity index (χ2v) is 9.83. The fraction of sp³-hybridized carbons (Fsp3) is 0.381. The number of aromatic amines is 1. The van der Waals surface area contributed by atoms with Crippen LogP contribution in [0.15, 0.2) is 35.2 Å². The molecule has 4 rings (SSSR count). The number of nitrogen functional groups attached to an aromatic ring is 1. The zero-order valence-electron chi connectivity index (χ0n) is 16.8. The van der Waals surface area contributed by atoms with Crippen LogP contribution in [0.3, 0.4) is 0 Å². The van der Waals surface area contributed by atoms with Gasteiger partial charge in [-0.3, -0.25) is 5.10 Å². The molecule has 8 heteroatoms. The zero-order valence-corrected chi connectivity index (χ0v) is 17.6. The van der Waals surface area contributed by atoms with Crippen molar-refractivity contribution in [3.63, 3.8) is 0 Å². The minimum Gasteiger partial charge on any atom is -0.391 e. The molecule has 154 valence electrons. The molecule has 0 amide bonds. The second-order valence-electron chi connectivity index (χ2n) is 7.83. The predicted molar refractivity (Wildman–Crippen MR) is 114 cm³/mol. The van der Waals surface area contributed by atoms with Crippen molar-refractivity contribution in [3.05, 3.63) is 41.5 Å². The summed E-state index contributed by atoms with van der Waals surface area (Å²) in [6.45, 7) is 3.89. The molecule has 7 nitrogen and oxygen atoms in total. The summed E-state index contributed by atoms with van der Waals surface area (Å²) in [7, 11) is -2.13. The standard InChI is InChI=1S/C21H26N4O3S/c1-12-11-14(29(27,28)25(3)18-5-4-6-19(18)26)7-8-15(12)16-9-10-17-20(13(16)2)21(22)24-23-17/h7-11,18-19,26H,4-6H2,1-3H3,(H3,22,23,24). The Labute approximate surface area is 170 Å². The molecular weight excluding hydrogens is 388 g/mol. The lowest BCUT2D eigenvalue weighted by atomic mass is 9.94. The van der Waals surface area contributed by atoms with E-state index in [4.69, 9.17) is 5.73 Å². The average Bonchev–Trinajstić information content (AvgIpc) is 3.28. The Morgan fingerprint density at radius 2 is 1.90 bits per heavy atom. The molecular formula is C21H26N4O3S. The number of nitrogens with two attached hydrogens (primary N) is 1. The van der Waals surface area contributed by atoms with Crippen LogP contribution in [0.2, 0.25) is 0 Å². The molecule has 4 N–H and O–H groups in total.